The molecule has 0 aliphatic heterocycles. The molecular weight excluding hydrogens is 327 g/mol. The lowest BCUT2D eigenvalue weighted by Crippen LogP contribution is -1.91. The Labute approximate surface area is 143 Å². The number of ether oxygens (including phenoxy) is 2. The van der Waals surface area contributed by atoms with Crippen LogP contribution in [0.5, 0.6) is 11.5 Å². The van der Waals surface area contributed by atoms with Crippen LogP contribution in [0.4, 0.5) is 9.52 Å². The lowest BCUT2D eigenvalue weighted by molar-refractivity contribution is 0.355. The molecule has 6 heteroatoms. The van der Waals surface area contributed by atoms with Crippen molar-refractivity contribution in [3.63, 3.8) is 0 Å². The lowest BCUT2D eigenvalue weighted by Gasteiger charge is -2.07. The van der Waals surface area contributed by atoms with Gasteiger partial charge in [0.2, 0.25) is 5.13 Å². The van der Waals surface area contributed by atoms with Gasteiger partial charge in [0, 0.05) is 17.2 Å². The summed E-state index contributed by atoms with van der Waals surface area (Å²) in [7, 11) is 3.19. The summed E-state index contributed by atoms with van der Waals surface area (Å²) in [5, 5.41) is 2.53. The molecule has 122 valence electrons. The first-order valence-electron chi connectivity index (χ1n) is 7.17. The monoisotopic (exact) mass is 342 g/mol. The second-order valence-electron chi connectivity index (χ2n) is 4.89. The molecule has 0 unspecified atom stereocenters. The van der Waals surface area contributed by atoms with E-state index in [9.17, 15) is 4.39 Å². The van der Waals surface area contributed by atoms with Crippen LogP contribution in [0.3, 0.4) is 0 Å². The molecule has 0 amide bonds. The molecule has 0 saturated carbocycles. The van der Waals surface area contributed by atoms with E-state index >= 15 is 0 Å². The fourth-order valence-corrected chi connectivity index (χ4v) is 2.81. The van der Waals surface area contributed by atoms with Crippen LogP contribution >= 0.6 is 11.3 Å². The number of aliphatic imine (C=N–C) groups is 1. The molecule has 0 fully saturated rings. The Morgan fingerprint density at radius 1 is 1.04 bits per heavy atom. The summed E-state index contributed by atoms with van der Waals surface area (Å²) in [6.45, 7) is 0. The fourth-order valence-electron chi connectivity index (χ4n) is 2.14. The summed E-state index contributed by atoms with van der Waals surface area (Å²) in [4.78, 5) is 8.83. The van der Waals surface area contributed by atoms with Gasteiger partial charge in [-0.3, -0.25) is 0 Å². The number of hydrogen-bond acceptors (Lipinski definition) is 5. The molecule has 0 saturated heterocycles. The Kier molecular flexibility index (Phi) is 4.86. The van der Waals surface area contributed by atoms with Crippen molar-refractivity contribution in [2.24, 2.45) is 4.99 Å². The maximum Gasteiger partial charge on any atom is 0.209 e. The van der Waals surface area contributed by atoms with Gasteiger partial charge in [0.15, 0.2) is 11.5 Å². The minimum Gasteiger partial charge on any atom is -0.493 e. The van der Waals surface area contributed by atoms with Gasteiger partial charge in [-0.2, -0.15) is 0 Å². The van der Waals surface area contributed by atoms with Gasteiger partial charge in [0.1, 0.15) is 5.82 Å². The molecule has 1 heterocycles. The molecule has 0 radical (unpaired) electrons. The van der Waals surface area contributed by atoms with Crippen LogP contribution in [0.1, 0.15) is 5.56 Å². The first-order valence-corrected chi connectivity index (χ1v) is 8.05. The van der Waals surface area contributed by atoms with Crippen molar-refractivity contribution < 1.29 is 13.9 Å². The van der Waals surface area contributed by atoms with Crippen molar-refractivity contribution >= 4 is 22.7 Å². The van der Waals surface area contributed by atoms with Crippen LogP contribution in [0.2, 0.25) is 0 Å². The first kappa shape index (κ1) is 16.1. The van der Waals surface area contributed by atoms with E-state index < -0.39 is 0 Å². The van der Waals surface area contributed by atoms with Crippen LogP contribution in [0.15, 0.2) is 52.8 Å². The average molecular weight is 342 g/mol. The van der Waals surface area contributed by atoms with Crippen LogP contribution in [0.25, 0.3) is 11.3 Å². The highest BCUT2D eigenvalue weighted by Gasteiger charge is 2.05. The Balaban J connectivity index is 1.79. The van der Waals surface area contributed by atoms with E-state index in [1.165, 1.54) is 23.5 Å². The molecule has 0 spiro atoms. The van der Waals surface area contributed by atoms with Crippen LogP contribution < -0.4 is 9.47 Å². The minimum absolute atomic E-state index is 0.263. The second-order valence-corrected chi connectivity index (χ2v) is 5.73. The van der Waals surface area contributed by atoms with E-state index in [4.69, 9.17) is 9.47 Å². The highest BCUT2D eigenvalue weighted by molar-refractivity contribution is 7.13. The van der Waals surface area contributed by atoms with Crippen molar-refractivity contribution in [1.82, 2.24) is 4.98 Å². The van der Waals surface area contributed by atoms with Crippen molar-refractivity contribution in [1.29, 1.82) is 0 Å². The van der Waals surface area contributed by atoms with Crippen LogP contribution in [-0.4, -0.2) is 25.4 Å². The number of halogens is 1. The van der Waals surface area contributed by atoms with E-state index in [2.05, 4.69) is 9.98 Å². The molecule has 0 aliphatic rings. The summed E-state index contributed by atoms with van der Waals surface area (Å²) in [6, 6.07) is 11.8. The van der Waals surface area contributed by atoms with Gasteiger partial charge >= 0.3 is 0 Å². The van der Waals surface area contributed by atoms with Crippen molar-refractivity contribution in [2.75, 3.05) is 14.2 Å². The Morgan fingerprint density at radius 3 is 2.50 bits per heavy atom. The topological polar surface area (TPSA) is 43.7 Å². The molecule has 4 nitrogen and oxygen atoms in total. The number of thiazole rings is 1. The Hall–Kier alpha value is -2.73. The zero-order valence-corrected chi connectivity index (χ0v) is 14.0. The van der Waals surface area contributed by atoms with E-state index in [0.717, 1.165) is 16.8 Å². The predicted octanol–water partition coefficient (Wildman–Crippen LogP) is 4.72. The average Bonchev–Trinajstić information content (AvgIpc) is 3.09. The van der Waals surface area contributed by atoms with Gasteiger partial charge in [0.25, 0.3) is 0 Å². The van der Waals surface area contributed by atoms with E-state index in [0.29, 0.717) is 16.6 Å². The number of hydrogen-bond donors (Lipinski definition) is 0. The molecule has 1 aromatic heterocycles. The number of rotatable bonds is 5. The fraction of sp³-hybridized carbons (Fsp3) is 0.111. The zero-order chi connectivity index (χ0) is 16.9. The van der Waals surface area contributed by atoms with Gasteiger partial charge < -0.3 is 9.47 Å². The van der Waals surface area contributed by atoms with Crippen molar-refractivity contribution in [3.05, 3.63) is 59.2 Å². The predicted molar refractivity (Wildman–Crippen MR) is 94.3 cm³/mol. The third-order valence-corrected chi connectivity index (χ3v) is 4.11. The van der Waals surface area contributed by atoms with Crippen LogP contribution in [0, 0.1) is 5.82 Å². The third-order valence-electron chi connectivity index (χ3n) is 3.36. The largest absolute Gasteiger partial charge is 0.493 e. The summed E-state index contributed by atoms with van der Waals surface area (Å²) in [5.74, 6) is 1.05. The molecule has 24 heavy (non-hydrogen) atoms. The second kappa shape index (κ2) is 7.23. The van der Waals surface area contributed by atoms with E-state index in [1.54, 1.807) is 32.6 Å². The summed E-state index contributed by atoms with van der Waals surface area (Å²) < 4.78 is 23.4. The SMILES string of the molecule is COc1ccc(/C=N/c2nc(-c3ccc(F)cc3)cs2)cc1OC. The number of nitrogens with zero attached hydrogens (tertiary/aromatic N) is 2. The highest BCUT2D eigenvalue weighted by atomic mass is 32.1. The van der Waals surface area contributed by atoms with E-state index in [1.807, 2.05) is 23.6 Å². The first-order chi connectivity index (χ1) is 11.7. The van der Waals surface area contributed by atoms with E-state index in [-0.39, 0.29) is 5.82 Å². The lowest BCUT2D eigenvalue weighted by atomic mass is 10.2. The summed E-state index contributed by atoms with van der Waals surface area (Å²) in [5.41, 5.74) is 2.52. The number of methoxy groups -OCH3 is 2. The standard InChI is InChI=1S/C18H15FN2O2S/c1-22-16-8-3-12(9-17(16)23-2)10-20-18-21-15(11-24-18)13-4-6-14(19)7-5-13/h3-11H,1-2H3/b20-10+. The van der Waals surface area contributed by atoms with Gasteiger partial charge in [-0.15, -0.1) is 11.3 Å². The van der Waals surface area contributed by atoms with Gasteiger partial charge in [0.05, 0.1) is 19.9 Å². The molecule has 3 rings (SSSR count). The molecule has 0 N–H and O–H groups in total. The number of benzene rings is 2. The van der Waals surface area contributed by atoms with Crippen LogP contribution in [-0.2, 0) is 0 Å². The smallest absolute Gasteiger partial charge is 0.209 e. The summed E-state index contributed by atoms with van der Waals surface area (Å²) >= 11 is 1.43. The molecule has 0 bridgehead atoms. The number of aromatic nitrogens is 1. The molecule has 0 atom stereocenters. The van der Waals surface area contributed by atoms with Gasteiger partial charge in [-0.1, -0.05) is 0 Å². The highest BCUT2D eigenvalue weighted by Crippen LogP contribution is 2.29. The normalized spacial score (nSPS) is 11.0. The Bertz CT molecular complexity index is 860. The quantitative estimate of drug-likeness (QED) is 0.630. The van der Waals surface area contributed by atoms with Gasteiger partial charge in [-0.25, -0.2) is 14.4 Å². The minimum atomic E-state index is -0.263. The zero-order valence-electron chi connectivity index (χ0n) is 13.2. The molecule has 3 aromatic rings. The molecular formula is C18H15FN2O2S. The van der Waals surface area contributed by atoms with Crippen molar-refractivity contribution in [3.8, 4) is 22.8 Å². The summed E-state index contributed by atoms with van der Waals surface area (Å²) in [6.07, 6.45) is 1.72. The molecule has 2 aromatic carbocycles. The maximum atomic E-state index is 13.0. The van der Waals surface area contributed by atoms with Gasteiger partial charge in [-0.05, 0) is 48.0 Å². The Morgan fingerprint density at radius 2 is 1.79 bits per heavy atom. The third kappa shape index (κ3) is 3.60. The molecule has 0 aliphatic carbocycles. The van der Waals surface area contributed by atoms with Crippen molar-refractivity contribution in [2.45, 2.75) is 0 Å². The maximum absolute atomic E-state index is 13.0.